The lowest BCUT2D eigenvalue weighted by Gasteiger charge is -2.10. The second kappa shape index (κ2) is 8.91. The minimum atomic E-state index is -0.317. The van der Waals surface area contributed by atoms with E-state index in [4.69, 9.17) is 0 Å². The van der Waals surface area contributed by atoms with Crippen LogP contribution in [0.5, 0.6) is 0 Å². The third-order valence-electron chi connectivity index (χ3n) is 4.37. The number of hydrogen-bond donors (Lipinski definition) is 1. The molecule has 148 valence electrons. The normalized spacial score (nSPS) is 22.9. The lowest BCUT2D eigenvalue weighted by molar-refractivity contribution is -0.117. The Hall–Kier alpha value is -4.14. The maximum atomic E-state index is 12.4. The SMILES string of the molecule is O=C1C/C=C/N=CC2C=CC=C(C2)N=CC2=c3c(ncnc3=N/C=C/C=N1)NC2=O. The number of anilines is 1. The first-order valence-corrected chi connectivity index (χ1v) is 9.27. The van der Waals surface area contributed by atoms with Gasteiger partial charge in [0.05, 0.1) is 10.8 Å². The Bertz CT molecular complexity index is 1220. The quantitative estimate of drug-likeness (QED) is 0.694. The molecule has 3 heterocycles. The van der Waals surface area contributed by atoms with Crippen LogP contribution in [-0.2, 0) is 9.59 Å². The maximum Gasteiger partial charge on any atom is 0.259 e. The molecule has 2 bridgehead atoms. The Kier molecular flexibility index (Phi) is 5.70. The Labute approximate surface area is 171 Å². The fourth-order valence-electron chi connectivity index (χ4n) is 2.97. The van der Waals surface area contributed by atoms with Gasteiger partial charge in [-0.05, 0) is 12.2 Å². The predicted octanol–water partition coefficient (Wildman–Crippen LogP) is 0.829. The van der Waals surface area contributed by atoms with Gasteiger partial charge < -0.3 is 5.32 Å². The van der Waals surface area contributed by atoms with Crippen molar-refractivity contribution >= 4 is 41.8 Å². The molecule has 0 saturated carbocycles. The van der Waals surface area contributed by atoms with Crippen molar-refractivity contribution in [3.63, 3.8) is 0 Å². The number of hydrogen-bond acceptors (Lipinski definition) is 7. The highest BCUT2D eigenvalue weighted by Gasteiger charge is 2.22. The van der Waals surface area contributed by atoms with E-state index in [0.717, 1.165) is 5.70 Å². The molecule has 3 aliphatic rings. The molecule has 1 atom stereocenters. The van der Waals surface area contributed by atoms with E-state index in [1.165, 1.54) is 31.0 Å². The van der Waals surface area contributed by atoms with Gasteiger partial charge in [0.1, 0.15) is 12.1 Å². The van der Waals surface area contributed by atoms with E-state index in [-0.39, 0.29) is 24.2 Å². The van der Waals surface area contributed by atoms with Crippen LogP contribution in [0, 0.1) is 5.92 Å². The summed E-state index contributed by atoms with van der Waals surface area (Å²) in [5.41, 5.74) is 1.46. The standard InChI is InChI=1S/C21H17N7O2/c29-17-6-2-7-22-11-14-4-1-5-15(10-14)25-12-16-18-19(24-9-3-8-23-17)26-13-27-20(18)28-21(16)30/h1-5,7-9,11-14H,6,10H2,(H,24,26,27,28,30)/b7-2+,9-3+,22-11?,23-8?,25-12?. The zero-order valence-corrected chi connectivity index (χ0v) is 15.8. The molecule has 0 fully saturated rings. The van der Waals surface area contributed by atoms with Crippen LogP contribution in [0.25, 0.3) is 5.57 Å². The number of allylic oxidation sites excluding steroid dienone is 5. The van der Waals surface area contributed by atoms with Crippen molar-refractivity contribution in [1.82, 2.24) is 9.97 Å². The monoisotopic (exact) mass is 399 g/mol. The molecule has 2 aliphatic heterocycles. The molecule has 1 aliphatic carbocycles. The minimum Gasteiger partial charge on any atom is -0.306 e. The number of amides is 2. The van der Waals surface area contributed by atoms with Crippen molar-refractivity contribution in [2.75, 3.05) is 5.32 Å². The van der Waals surface area contributed by atoms with Crippen LogP contribution in [0.4, 0.5) is 5.82 Å². The van der Waals surface area contributed by atoms with Crippen LogP contribution in [0.2, 0.25) is 0 Å². The molecule has 1 unspecified atom stereocenters. The third kappa shape index (κ3) is 4.46. The number of carbonyl (C=O) groups is 2. The highest BCUT2D eigenvalue weighted by molar-refractivity contribution is 6.40. The number of rotatable bonds is 0. The Morgan fingerprint density at radius 2 is 2.00 bits per heavy atom. The number of carbonyl (C=O) groups excluding carboxylic acids is 2. The van der Waals surface area contributed by atoms with Gasteiger partial charge in [-0.15, -0.1) is 0 Å². The zero-order valence-electron chi connectivity index (χ0n) is 15.8. The number of nitrogens with zero attached hydrogens (tertiary/aromatic N) is 6. The van der Waals surface area contributed by atoms with Gasteiger partial charge in [-0.2, -0.15) is 0 Å². The van der Waals surface area contributed by atoms with Gasteiger partial charge >= 0.3 is 0 Å². The van der Waals surface area contributed by atoms with E-state index in [0.29, 0.717) is 28.5 Å². The predicted molar refractivity (Wildman–Crippen MR) is 114 cm³/mol. The molecular weight excluding hydrogens is 382 g/mol. The average Bonchev–Trinajstić information content (AvgIpc) is 3.07. The van der Waals surface area contributed by atoms with Gasteiger partial charge in [0.15, 0.2) is 5.49 Å². The minimum absolute atomic E-state index is 0.0652. The Morgan fingerprint density at radius 3 is 2.93 bits per heavy atom. The fourth-order valence-corrected chi connectivity index (χ4v) is 2.97. The second-order valence-electron chi connectivity index (χ2n) is 6.49. The van der Waals surface area contributed by atoms with Crippen LogP contribution in [0.3, 0.4) is 0 Å². The van der Waals surface area contributed by atoms with Crippen LogP contribution >= 0.6 is 0 Å². The highest BCUT2D eigenvalue weighted by atomic mass is 16.2. The molecular formula is C21H17N7O2. The summed E-state index contributed by atoms with van der Waals surface area (Å²) >= 11 is 0. The summed E-state index contributed by atoms with van der Waals surface area (Å²) < 4.78 is 0. The smallest absolute Gasteiger partial charge is 0.259 e. The summed E-state index contributed by atoms with van der Waals surface area (Å²) in [4.78, 5) is 49.3. The molecule has 0 aromatic carbocycles. The summed E-state index contributed by atoms with van der Waals surface area (Å²) in [7, 11) is 0. The summed E-state index contributed by atoms with van der Waals surface area (Å²) in [6, 6.07) is 0. The van der Waals surface area contributed by atoms with Crippen molar-refractivity contribution in [3.8, 4) is 0 Å². The number of fused-ring (bicyclic) bond motifs is 2. The first kappa shape index (κ1) is 19.2. The molecule has 0 radical (unpaired) electrons. The van der Waals surface area contributed by atoms with Crippen molar-refractivity contribution in [2.24, 2.45) is 25.9 Å². The highest BCUT2D eigenvalue weighted by Crippen LogP contribution is 2.18. The molecule has 9 heteroatoms. The molecule has 0 saturated heterocycles. The molecule has 1 aromatic heterocycles. The number of aliphatic imine (C=N–C) groups is 3. The molecule has 0 spiro atoms. The number of aromatic nitrogens is 2. The van der Waals surface area contributed by atoms with Crippen molar-refractivity contribution in [3.05, 3.63) is 65.5 Å². The first-order chi connectivity index (χ1) is 14.7. The average molecular weight is 399 g/mol. The largest absolute Gasteiger partial charge is 0.306 e. The maximum absolute atomic E-state index is 12.4. The van der Waals surface area contributed by atoms with Gasteiger partial charge in [-0.3, -0.25) is 19.6 Å². The first-order valence-electron chi connectivity index (χ1n) is 9.27. The van der Waals surface area contributed by atoms with Gasteiger partial charge in [-0.25, -0.2) is 20.0 Å². The molecule has 9 nitrogen and oxygen atoms in total. The topological polar surface area (TPSA) is 121 Å². The van der Waals surface area contributed by atoms with E-state index >= 15 is 0 Å². The van der Waals surface area contributed by atoms with E-state index < -0.39 is 0 Å². The Balaban J connectivity index is 1.79. The van der Waals surface area contributed by atoms with E-state index in [1.54, 1.807) is 18.5 Å². The van der Waals surface area contributed by atoms with Crippen LogP contribution in [-0.4, -0.2) is 40.4 Å². The summed E-state index contributed by atoms with van der Waals surface area (Å²) in [5, 5.41) is 3.18. The molecule has 1 aromatic rings. The van der Waals surface area contributed by atoms with Gasteiger partial charge in [0.2, 0.25) is 5.91 Å². The molecule has 2 amide bonds. The molecule has 1 N–H and O–H groups in total. The molecule has 4 rings (SSSR count). The number of nitrogens with one attached hydrogen (secondary N) is 1. The second-order valence-corrected chi connectivity index (χ2v) is 6.49. The van der Waals surface area contributed by atoms with Crippen LogP contribution in [0.1, 0.15) is 12.8 Å². The van der Waals surface area contributed by atoms with Gasteiger partial charge in [0, 0.05) is 55.5 Å². The zero-order chi connectivity index (χ0) is 20.8. The van der Waals surface area contributed by atoms with Gasteiger partial charge in [0.25, 0.3) is 5.91 Å². The van der Waals surface area contributed by atoms with E-state index in [2.05, 4.69) is 35.3 Å². The van der Waals surface area contributed by atoms with Gasteiger partial charge in [-0.1, -0.05) is 18.2 Å². The van der Waals surface area contributed by atoms with Crippen LogP contribution in [0.15, 0.2) is 74.8 Å². The van der Waals surface area contributed by atoms with Crippen molar-refractivity contribution in [2.45, 2.75) is 12.8 Å². The lowest BCUT2D eigenvalue weighted by Crippen LogP contribution is -2.30. The van der Waals surface area contributed by atoms with E-state index in [9.17, 15) is 9.59 Å². The third-order valence-corrected chi connectivity index (χ3v) is 4.37. The lowest BCUT2D eigenvalue weighted by atomic mass is 10.00. The van der Waals surface area contributed by atoms with Crippen molar-refractivity contribution < 1.29 is 9.59 Å². The molecule has 30 heavy (non-hydrogen) atoms. The summed E-state index contributed by atoms with van der Waals surface area (Å²) in [6.07, 6.45) is 18.8. The summed E-state index contributed by atoms with van der Waals surface area (Å²) in [5.74, 6) is -0.168. The fraction of sp³-hybridized carbons (Fsp3) is 0.143. The van der Waals surface area contributed by atoms with Crippen LogP contribution < -0.4 is 16.0 Å². The summed E-state index contributed by atoms with van der Waals surface area (Å²) in [6.45, 7) is 0. The van der Waals surface area contributed by atoms with Crippen molar-refractivity contribution in [1.29, 1.82) is 0 Å². The Morgan fingerprint density at radius 1 is 1.07 bits per heavy atom. The van der Waals surface area contributed by atoms with E-state index in [1.807, 2.05) is 18.2 Å².